The molecule has 2 aliphatic rings. The summed E-state index contributed by atoms with van der Waals surface area (Å²) in [5.74, 6) is 0.178. The molecule has 10 rings (SSSR count). The molecule has 4 N–H and O–H groups in total. The van der Waals surface area contributed by atoms with E-state index < -0.39 is 0 Å². The van der Waals surface area contributed by atoms with E-state index in [1.165, 1.54) is 47.7 Å². The Kier molecular flexibility index (Phi) is 5.55. The number of hydrogen-bond acceptors (Lipinski definition) is 4. The Morgan fingerprint density at radius 1 is 0.638 bits per heavy atom. The summed E-state index contributed by atoms with van der Waals surface area (Å²) >= 11 is 1.88. The van der Waals surface area contributed by atoms with Crippen LogP contribution in [-0.2, 0) is 0 Å². The molecule has 0 saturated heterocycles. The Bertz CT molecular complexity index is 2620. The summed E-state index contributed by atoms with van der Waals surface area (Å²) in [6, 6.07) is 46.0. The van der Waals surface area contributed by atoms with Gasteiger partial charge in [-0.15, -0.1) is 11.3 Å². The quantitative estimate of drug-likeness (QED) is 0.193. The summed E-state index contributed by atoms with van der Waals surface area (Å²) < 4.78 is 5.05. The first-order valence-corrected chi connectivity index (χ1v) is 16.8. The molecule has 2 atom stereocenters. The summed E-state index contributed by atoms with van der Waals surface area (Å²) in [6.07, 6.45) is 6.46. The van der Waals surface area contributed by atoms with Crippen LogP contribution in [0.2, 0.25) is 0 Å². The fourth-order valence-corrected chi connectivity index (χ4v) is 9.28. The van der Waals surface area contributed by atoms with Crippen LogP contribution in [0.3, 0.4) is 0 Å². The second kappa shape index (κ2) is 9.86. The molecular formula is C42H30N4S. The Labute approximate surface area is 276 Å². The number of nitrogens with zero attached hydrogens (tertiary/aromatic N) is 2. The van der Waals surface area contributed by atoms with E-state index >= 15 is 0 Å². The summed E-state index contributed by atoms with van der Waals surface area (Å²) in [6.45, 7) is 0. The molecule has 6 aromatic carbocycles. The molecule has 224 valence electrons. The van der Waals surface area contributed by atoms with Crippen molar-refractivity contribution < 1.29 is 0 Å². The highest BCUT2D eigenvalue weighted by molar-refractivity contribution is 7.26. The number of nitrogens with two attached hydrogens (primary N) is 2. The predicted octanol–water partition coefficient (Wildman–Crippen LogP) is 10.4. The van der Waals surface area contributed by atoms with E-state index in [4.69, 9.17) is 11.5 Å². The van der Waals surface area contributed by atoms with Gasteiger partial charge in [-0.25, -0.2) is 0 Å². The van der Waals surface area contributed by atoms with Crippen molar-refractivity contribution in [3.63, 3.8) is 0 Å². The van der Waals surface area contributed by atoms with E-state index in [-0.39, 0.29) is 12.0 Å². The van der Waals surface area contributed by atoms with Gasteiger partial charge in [-0.1, -0.05) is 91.0 Å². The Balaban J connectivity index is 1.25. The first-order chi connectivity index (χ1) is 23.2. The number of aromatic nitrogens is 1. The van der Waals surface area contributed by atoms with Gasteiger partial charge in [-0.2, -0.15) is 0 Å². The molecule has 47 heavy (non-hydrogen) atoms. The van der Waals surface area contributed by atoms with Crippen LogP contribution < -0.4 is 16.4 Å². The molecule has 0 bridgehead atoms. The van der Waals surface area contributed by atoms with Crippen molar-refractivity contribution in [1.29, 1.82) is 0 Å². The molecule has 3 heterocycles. The average molecular weight is 623 g/mol. The molecule has 0 spiro atoms. The molecule has 2 unspecified atom stereocenters. The van der Waals surface area contributed by atoms with Gasteiger partial charge in [0.15, 0.2) is 0 Å². The smallest absolute Gasteiger partial charge is 0.0631 e. The standard InChI is InChI=1S/C42H30N4S/c43-26-18-21-35-32(24-26)28-11-4-6-14-34(28)46(35)36-15-8-13-33(44)40(36)25-17-19-31-38(23-25)45(27-9-2-1-3-10-27)37-22-20-30-29-12-5-7-16-39(29)47-42(30)41(31)37/h1-24,32,35H,43-44H2. The van der Waals surface area contributed by atoms with Crippen molar-refractivity contribution in [1.82, 2.24) is 4.57 Å². The minimum absolute atomic E-state index is 0.112. The van der Waals surface area contributed by atoms with Crippen LogP contribution in [0.1, 0.15) is 11.5 Å². The third kappa shape index (κ3) is 3.75. The maximum Gasteiger partial charge on any atom is 0.0631 e. The predicted molar refractivity (Wildman–Crippen MR) is 200 cm³/mol. The molecule has 4 nitrogen and oxygen atoms in total. The van der Waals surface area contributed by atoms with Crippen LogP contribution in [0.5, 0.6) is 0 Å². The summed E-state index contributed by atoms with van der Waals surface area (Å²) in [5, 5.41) is 5.15. The maximum atomic E-state index is 6.94. The van der Waals surface area contributed by atoms with Crippen LogP contribution in [0.4, 0.5) is 17.1 Å². The normalized spacial score (nSPS) is 17.1. The van der Waals surface area contributed by atoms with Crippen molar-refractivity contribution in [2.45, 2.75) is 12.0 Å². The third-order valence-electron chi connectivity index (χ3n) is 9.99. The lowest BCUT2D eigenvalue weighted by Gasteiger charge is -2.31. The van der Waals surface area contributed by atoms with Crippen LogP contribution >= 0.6 is 11.3 Å². The number of allylic oxidation sites excluding steroid dienone is 1. The number of thiophene rings is 1. The van der Waals surface area contributed by atoms with Gasteiger partial charge in [0.2, 0.25) is 0 Å². The third-order valence-corrected chi connectivity index (χ3v) is 11.2. The minimum Gasteiger partial charge on any atom is -0.399 e. The molecule has 1 aliphatic heterocycles. The maximum absolute atomic E-state index is 6.94. The number of hydrogen-bond donors (Lipinski definition) is 2. The zero-order valence-corrected chi connectivity index (χ0v) is 26.3. The summed E-state index contributed by atoms with van der Waals surface area (Å²) in [7, 11) is 0. The molecule has 0 amide bonds. The topological polar surface area (TPSA) is 60.2 Å². The van der Waals surface area contributed by atoms with Gasteiger partial charge < -0.3 is 20.9 Å². The monoisotopic (exact) mass is 622 g/mol. The van der Waals surface area contributed by atoms with Gasteiger partial charge in [0.1, 0.15) is 0 Å². The van der Waals surface area contributed by atoms with Gasteiger partial charge in [0, 0.05) is 65.2 Å². The zero-order chi connectivity index (χ0) is 31.2. The van der Waals surface area contributed by atoms with E-state index in [1.54, 1.807) is 0 Å². The fraction of sp³-hybridized carbons (Fsp3) is 0.0476. The highest BCUT2D eigenvalue weighted by atomic mass is 32.1. The van der Waals surface area contributed by atoms with Gasteiger partial charge in [0.25, 0.3) is 0 Å². The molecule has 2 aromatic heterocycles. The van der Waals surface area contributed by atoms with Crippen LogP contribution in [-0.4, -0.2) is 10.6 Å². The number of nitrogen functional groups attached to an aromatic ring is 1. The average Bonchev–Trinajstić information content (AvgIpc) is 3.75. The molecule has 1 aliphatic carbocycles. The van der Waals surface area contributed by atoms with Crippen molar-refractivity contribution in [2.75, 3.05) is 10.6 Å². The van der Waals surface area contributed by atoms with Gasteiger partial charge in [0.05, 0.1) is 22.8 Å². The van der Waals surface area contributed by atoms with E-state index in [0.717, 1.165) is 39.4 Å². The highest BCUT2D eigenvalue weighted by Crippen LogP contribution is 2.52. The number of para-hydroxylation sites is 2. The molecule has 0 saturated carbocycles. The summed E-state index contributed by atoms with van der Waals surface area (Å²) in [4.78, 5) is 2.45. The second-order valence-electron chi connectivity index (χ2n) is 12.5. The molecule has 8 aromatic rings. The largest absolute Gasteiger partial charge is 0.399 e. The number of benzene rings is 6. The zero-order valence-electron chi connectivity index (χ0n) is 25.5. The van der Waals surface area contributed by atoms with Crippen LogP contribution in [0.25, 0.3) is 58.8 Å². The van der Waals surface area contributed by atoms with Crippen molar-refractivity contribution >= 4 is 70.4 Å². The second-order valence-corrected chi connectivity index (χ2v) is 13.6. The van der Waals surface area contributed by atoms with Crippen molar-refractivity contribution in [3.8, 4) is 16.8 Å². The van der Waals surface area contributed by atoms with Gasteiger partial charge in [-0.05, 0) is 65.7 Å². The Morgan fingerprint density at radius 3 is 2.34 bits per heavy atom. The lowest BCUT2D eigenvalue weighted by atomic mass is 9.90. The van der Waals surface area contributed by atoms with E-state index in [0.29, 0.717) is 0 Å². The van der Waals surface area contributed by atoms with Crippen molar-refractivity contribution in [2.24, 2.45) is 5.73 Å². The minimum atomic E-state index is 0.112. The summed E-state index contributed by atoms with van der Waals surface area (Å²) in [5.41, 5.74) is 24.0. The lowest BCUT2D eigenvalue weighted by Crippen LogP contribution is -2.30. The first kappa shape index (κ1) is 26.4. The highest BCUT2D eigenvalue weighted by Gasteiger charge is 2.39. The molecule has 5 heteroatoms. The van der Waals surface area contributed by atoms with E-state index in [9.17, 15) is 0 Å². The van der Waals surface area contributed by atoms with Crippen molar-refractivity contribution in [3.05, 3.63) is 157 Å². The first-order valence-electron chi connectivity index (χ1n) is 16.0. The SMILES string of the molecule is NC1=CC2c3ccccc3N(c3cccc(N)c3-c3ccc4c5c6sc7ccccc7c6ccc5n(-c5ccccc5)c4c3)C2C=C1. The van der Waals surface area contributed by atoms with Gasteiger partial charge in [-0.3, -0.25) is 0 Å². The fourth-order valence-electron chi connectivity index (χ4n) is 8.02. The van der Waals surface area contributed by atoms with Crippen LogP contribution in [0, 0.1) is 0 Å². The number of rotatable bonds is 3. The van der Waals surface area contributed by atoms with E-state index in [1.807, 2.05) is 23.5 Å². The Hall–Kier alpha value is -5.78. The molecular weight excluding hydrogens is 593 g/mol. The van der Waals surface area contributed by atoms with Gasteiger partial charge >= 0.3 is 0 Å². The molecule has 0 radical (unpaired) electrons. The Morgan fingerprint density at radius 2 is 1.43 bits per heavy atom. The van der Waals surface area contributed by atoms with Crippen LogP contribution in [0.15, 0.2) is 151 Å². The number of fused-ring (bicyclic) bond motifs is 10. The number of anilines is 3. The lowest BCUT2D eigenvalue weighted by molar-refractivity contribution is 0.738. The molecule has 0 fully saturated rings. The van der Waals surface area contributed by atoms with E-state index in [2.05, 4.69) is 143 Å².